The number of benzene rings is 2. The van der Waals surface area contributed by atoms with Crippen LogP contribution in [0.1, 0.15) is 12.5 Å². The van der Waals surface area contributed by atoms with Gasteiger partial charge >= 0.3 is 0 Å². The normalized spacial score (nSPS) is 15.8. The number of rotatable bonds is 5. The van der Waals surface area contributed by atoms with Crippen molar-refractivity contribution >= 4 is 5.69 Å². The minimum Gasteiger partial charge on any atom is -0.494 e. The standard InChI is InChI=1S/C19H24N2O/c1-2-22-19-11-7-6-8-17(19)16-20-12-14-21(15-13-20)18-9-4-3-5-10-18/h3-11H,2,12-16H2,1H3. The van der Waals surface area contributed by atoms with Crippen LogP contribution >= 0.6 is 0 Å². The second kappa shape index (κ2) is 7.32. The summed E-state index contributed by atoms with van der Waals surface area (Å²) in [6, 6.07) is 19.1. The third-order valence-corrected chi connectivity index (χ3v) is 4.16. The highest BCUT2D eigenvalue weighted by atomic mass is 16.5. The van der Waals surface area contributed by atoms with Crippen molar-refractivity contribution in [3.05, 3.63) is 60.2 Å². The Hall–Kier alpha value is -2.00. The summed E-state index contributed by atoms with van der Waals surface area (Å²) in [5.41, 5.74) is 2.62. The van der Waals surface area contributed by atoms with E-state index in [1.807, 2.05) is 13.0 Å². The van der Waals surface area contributed by atoms with E-state index in [4.69, 9.17) is 4.74 Å². The van der Waals surface area contributed by atoms with Crippen molar-refractivity contribution < 1.29 is 4.74 Å². The highest BCUT2D eigenvalue weighted by molar-refractivity contribution is 5.46. The monoisotopic (exact) mass is 296 g/mol. The molecule has 116 valence electrons. The van der Waals surface area contributed by atoms with Gasteiger partial charge in [-0.05, 0) is 25.1 Å². The molecule has 3 heteroatoms. The van der Waals surface area contributed by atoms with Crippen LogP contribution < -0.4 is 9.64 Å². The summed E-state index contributed by atoms with van der Waals surface area (Å²) in [5.74, 6) is 1.02. The number of nitrogens with zero attached hydrogens (tertiary/aromatic N) is 2. The SMILES string of the molecule is CCOc1ccccc1CN1CCN(c2ccccc2)CC1. The van der Waals surface area contributed by atoms with Gasteiger partial charge in [0, 0.05) is 44.0 Å². The van der Waals surface area contributed by atoms with Gasteiger partial charge in [0.1, 0.15) is 5.75 Å². The Morgan fingerprint density at radius 2 is 1.55 bits per heavy atom. The van der Waals surface area contributed by atoms with E-state index >= 15 is 0 Å². The Morgan fingerprint density at radius 3 is 2.27 bits per heavy atom. The molecule has 2 aromatic carbocycles. The minimum absolute atomic E-state index is 0.721. The summed E-state index contributed by atoms with van der Waals surface area (Å²) in [6.07, 6.45) is 0. The largest absolute Gasteiger partial charge is 0.494 e. The second-order valence-electron chi connectivity index (χ2n) is 5.64. The summed E-state index contributed by atoms with van der Waals surface area (Å²) < 4.78 is 5.73. The lowest BCUT2D eigenvalue weighted by molar-refractivity contribution is 0.243. The first-order chi connectivity index (χ1) is 10.9. The van der Waals surface area contributed by atoms with E-state index in [0.29, 0.717) is 0 Å². The van der Waals surface area contributed by atoms with E-state index in [0.717, 1.165) is 45.1 Å². The van der Waals surface area contributed by atoms with Crippen LogP contribution in [0.25, 0.3) is 0 Å². The molecular weight excluding hydrogens is 272 g/mol. The van der Waals surface area contributed by atoms with Crippen LogP contribution in [0.15, 0.2) is 54.6 Å². The summed E-state index contributed by atoms with van der Waals surface area (Å²) >= 11 is 0. The lowest BCUT2D eigenvalue weighted by Crippen LogP contribution is -2.46. The Bertz CT molecular complexity index is 577. The molecule has 0 atom stereocenters. The Balaban J connectivity index is 1.58. The maximum absolute atomic E-state index is 5.73. The highest BCUT2D eigenvalue weighted by Crippen LogP contribution is 2.21. The number of piperazine rings is 1. The number of para-hydroxylation sites is 2. The van der Waals surface area contributed by atoms with Gasteiger partial charge in [-0.2, -0.15) is 0 Å². The fourth-order valence-corrected chi connectivity index (χ4v) is 2.97. The molecule has 1 saturated heterocycles. The minimum atomic E-state index is 0.721. The molecule has 0 saturated carbocycles. The average molecular weight is 296 g/mol. The van der Waals surface area contributed by atoms with E-state index in [2.05, 4.69) is 58.3 Å². The molecule has 0 aliphatic carbocycles. The molecule has 1 aliphatic heterocycles. The molecule has 2 aromatic rings. The third kappa shape index (κ3) is 3.60. The topological polar surface area (TPSA) is 15.7 Å². The van der Waals surface area contributed by atoms with Gasteiger partial charge in [0.15, 0.2) is 0 Å². The Morgan fingerprint density at radius 1 is 0.864 bits per heavy atom. The Kier molecular flexibility index (Phi) is 4.96. The lowest BCUT2D eigenvalue weighted by atomic mass is 10.1. The Labute approximate surface area is 133 Å². The molecule has 1 heterocycles. The maximum Gasteiger partial charge on any atom is 0.123 e. The average Bonchev–Trinajstić information content (AvgIpc) is 2.58. The molecule has 0 spiro atoms. The van der Waals surface area contributed by atoms with Crippen molar-refractivity contribution in [1.29, 1.82) is 0 Å². The second-order valence-corrected chi connectivity index (χ2v) is 5.64. The van der Waals surface area contributed by atoms with Gasteiger partial charge in [-0.1, -0.05) is 36.4 Å². The molecule has 0 amide bonds. The zero-order chi connectivity index (χ0) is 15.2. The van der Waals surface area contributed by atoms with Crippen molar-refractivity contribution in [3.63, 3.8) is 0 Å². The van der Waals surface area contributed by atoms with Crippen LogP contribution in [-0.4, -0.2) is 37.7 Å². The summed E-state index contributed by atoms with van der Waals surface area (Å²) in [6.45, 7) is 8.08. The van der Waals surface area contributed by atoms with Gasteiger partial charge in [-0.25, -0.2) is 0 Å². The predicted molar refractivity (Wildman–Crippen MR) is 91.5 cm³/mol. The van der Waals surface area contributed by atoms with Gasteiger partial charge in [0.2, 0.25) is 0 Å². The van der Waals surface area contributed by atoms with Crippen molar-refractivity contribution in [2.75, 3.05) is 37.7 Å². The zero-order valence-electron chi connectivity index (χ0n) is 13.2. The van der Waals surface area contributed by atoms with Gasteiger partial charge in [-0.3, -0.25) is 4.90 Å². The first kappa shape index (κ1) is 14.9. The van der Waals surface area contributed by atoms with Crippen LogP contribution in [0.2, 0.25) is 0 Å². The fraction of sp³-hybridized carbons (Fsp3) is 0.368. The van der Waals surface area contributed by atoms with Gasteiger partial charge in [0.25, 0.3) is 0 Å². The first-order valence-corrected chi connectivity index (χ1v) is 8.10. The van der Waals surface area contributed by atoms with E-state index in [1.165, 1.54) is 11.3 Å². The van der Waals surface area contributed by atoms with Crippen LogP contribution in [0.5, 0.6) is 5.75 Å². The van der Waals surface area contributed by atoms with E-state index in [1.54, 1.807) is 0 Å². The van der Waals surface area contributed by atoms with E-state index in [-0.39, 0.29) is 0 Å². The summed E-state index contributed by atoms with van der Waals surface area (Å²) in [7, 11) is 0. The molecule has 1 fully saturated rings. The van der Waals surface area contributed by atoms with Crippen LogP contribution in [-0.2, 0) is 6.54 Å². The van der Waals surface area contributed by atoms with Crippen molar-refractivity contribution in [3.8, 4) is 5.75 Å². The van der Waals surface area contributed by atoms with E-state index < -0.39 is 0 Å². The molecule has 22 heavy (non-hydrogen) atoms. The molecule has 3 nitrogen and oxygen atoms in total. The number of anilines is 1. The quantitative estimate of drug-likeness (QED) is 0.841. The summed E-state index contributed by atoms with van der Waals surface area (Å²) in [4.78, 5) is 4.97. The molecule has 3 rings (SSSR count). The molecule has 0 aromatic heterocycles. The predicted octanol–water partition coefficient (Wildman–Crippen LogP) is 3.41. The van der Waals surface area contributed by atoms with Gasteiger partial charge < -0.3 is 9.64 Å². The molecule has 0 radical (unpaired) electrons. The number of hydrogen-bond donors (Lipinski definition) is 0. The van der Waals surface area contributed by atoms with E-state index in [9.17, 15) is 0 Å². The van der Waals surface area contributed by atoms with Crippen LogP contribution in [0.3, 0.4) is 0 Å². The smallest absolute Gasteiger partial charge is 0.123 e. The first-order valence-electron chi connectivity index (χ1n) is 8.10. The number of ether oxygens (including phenoxy) is 1. The maximum atomic E-state index is 5.73. The summed E-state index contributed by atoms with van der Waals surface area (Å²) in [5, 5.41) is 0. The van der Waals surface area contributed by atoms with Crippen LogP contribution in [0.4, 0.5) is 5.69 Å². The molecule has 1 aliphatic rings. The zero-order valence-corrected chi connectivity index (χ0v) is 13.2. The molecule has 0 N–H and O–H groups in total. The van der Waals surface area contributed by atoms with Gasteiger partial charge in [0.05, 0.1) is 6.61 Å². The van der Waals surface area contributed by atoms with Crippen molar-refractivity contribution in [1.82, 2.24) is 4.90 Å². The number of hydrogen-bond acceptors (Lipinski definition) is 3. The molecule has 0 unspecified atom stereocenters. The highest BCUT2D eigenvalue weighted by Gasteiger charge is 2.18. The lowest BCUT2D eigenvalue weighted by Gasteiger charge is -2.36. The third-order valence-electron chi connectivity index (χ3n) is 4.16. The van der Waals surface area contributed by atoms with Gasteiger partial charge in [-0.15, -0.1) is 0 Å². The molecular formula is C19H24N2O. The fourth-order valence-electron chi connectivity index (χ4n) is 2.97. The van der Waals surface area contributed by atoms with Crippen LogP contribution in [0, 0.1) is 0 Å². The van der Waals surface area contributed by atoms with Crippen molar-refractivity contribution in [2.24, 2.45) is 0 Å². The molecule has 0 bridgehead atoms. The van der Waals surface area contributed by atoms with Crippen molar-refractivity contribution in [2.45, 2.75) is 13.5 Å².